The molecule has 218 valence electrons. The van der Waals surface area contributed by atoms with Crippen LogP contribution in [0.1, 0.15) is 6.42 Å². The van der Waals surface area contributed by atoms with Gasteiger partial charge >= 0.3 is 71.7 Å². The van der Waals surface area contributed by atoms with Gasteiger partial charge in [0.1, 0.15) is 10.1 Å². The minimum absolute atomic E-state index is 0. The minimum Gasteiger partial charge on any atom is -0.747 e. The SMILES string of the molecule is COC(=O)CC(C(=O)OCC(F)(F)C(F)C(F)(F)F)C(C(=O)OCC(F)(F)C(F)C(F)(F)F)S(=O)(=O)[O-].[Na+]. The molecule has 0 fully saturated rings. The first kappa shape index (κ1) is 38.6. The molecule has 4 atom stereocenters. The number of carbonyl (C=O) groups excluding carboxylic acids is 3. The Bertz CT molecular complexity index is 939. The molecule has 0 rings (SSSR count). The summed E-state index contributed by atoms with van der Waals surface area (Å²) >= 11 is 0. The van der Waals surface area contributed by atoms with Gasteiger partial charge in [0.25, 0.3) is 12.3 Å². The van der Waals surface area contributed by atoms with Crippen molar-refractivity contribution in [1.82, 2.24) is 0 Å². The number of methoxy groups -OCH3 is 1. The fraction of sp³-hybridized carbons (Fsp3) is 0.800. The number of rotatable bonds is 12. The normalized spacial score (nSPS) is 16.4. The van der Waals surface area contributed by atoms with Crippen LogP contribution in [0.25, 0.3) is 0 Å². The Morgan fingerprint density at radius 1 is 0.763 bits per heavy atom. The third-order valence-electron chi connectivity index (χ3n) is 3.96. The molecule has 4 unspecified atom stereocenters. The summed E-state index contributed by atoms with van der Waals surface area (Å²) in [5.74, 6) is -21.6. The molecule has 0 aliphatic heterocycles. The van der Waals surface area contributed by atoms with Crippen LogP contribution in [0.15, 0.2) is 0 Å². The Morgan fingerprint density at radius 3 is 1.39 bits per heavy atom. The van der Waals surface area contributed by atoms with E-state index in [4.69, 9.17) is 0 Å². The molecule has 0 aliphatic carbocycles. The van der Waals surface area contributed by atoms with Crippen LogP contribution in [0.5, 0.6) is 0 Å². The van der Waals surface area contributed by atoms with Crippen molar-refractivity contribution in [2.24, 2.45) is 5.92 Å². The molecule has 0 radical (unpaired) electrons. The Hall–Kier alpha value is -1.52. The maximum Gasteiger partial charge on any atom is 1.00 e. The summed E-state index contributed by atoms with van der Waals surface area (Å²) in [6.45, 7) is -5.75. The summed E-state index contributed by atoms with van der Waals surface area (Å²) in [5.41, 5.74) is 0. The van der Waals surface area contributed by atoms with E-state index in [0.29, 0.717) is 7.11 Å². The standard InChI is InChI=1S/C15H14F12O9S.Na/c1-34-6(28)2-5(8(29)35-3-12(18,19)10(16)14(22,23)24)7(37(31,32)33)9(30)36-4-13(20,21)11(17)15(25,26)27;/h5,7,10-11H,2-4H2,1H3,(H,31,32,33);/q;+1/p-1. The van der Waals surface area contributed by atoms with E-state index < -0.39 is 95.4 Å². The molecule has 0 aromatic rings. The van der Waals surface area contributed by atoms with Gasteiger partial charge in [-0.05, 0) is 0 Å². The number of halogens is 12. The van der Waals surface area contributed by atoms with Crippen LogP contribution in [-0.2, 0) is 38.7 Å². The minimum atomic E-state index is -6.41. The van der Waals surface area contributed by atoms with E-state index in [9.17, 15) is 80.0 Å². The molecular weight excluding hydrogens is 607 g/mol. The largest absolute Gasteiger partial charge is 1.00 e. The van der Waals surface area contributed by atoms with Crippen LogP contribution in [0.2, 0.25) is 0 Å². The molecule has 0 spiro atoms. The number of hydrogen-bond donors (Lipinski definition) is 0. The van der Waals surface area contributed by atoms with Gasteiger partial charge in [0.15, 0.2) is 18.5 Å². The van der Waals surface area contributed by atoms with Crippen molar-refractivity contribution >= 4 is 28.0 Å². The first-order chi connectivity index (χ1) is 16.3. The number of carbonyl (C=O) groups is 3. The van der Waals surface area contributed by atoms with Gasteiger partial charge in [-0.2, -0.15) is 43.9 Å². The Labute approximate surface area is 226 Å². The van der Waals surface area contributed by atoms with Crippen LogP contribution in [-0.4, -0.2) is 93.0 Å². The summed E-state index contributed by atoms with van der Waals surface area (Å²) in [6, 6.07) is 0. The van der Waals surface area contributed by atoms with E-state index in [1.54, 1.807) is 0 Å². The molecule has 0 aliphatic rings. The van der Waals surface area contributed by atoms with E-state index >= 15 is 0 Å². The average Bonchev–Trinajstić information content (AvgIpc) is 2.72. The van der Waals surface area contributed by atoms with E-state index in [2.05, 4.69) is 14.2 Å². The van der Waals surface area contributed by atoms with Crippen LogP contribution in [0, 0.1) is 5.92 Å². The molecule has 0 aromatic heterocycles. The fourth-order valence-corrected chi connectivity index (χ4v) is 3.12. The first-order valence-electron chi connectivity index (χ1n) is 8.81. The monoisotopic (exact) mass is 620 g/mol. The molecule has 23 heteroatoms. The van der Waals surface area contributed by atoms with Gasteiger partial charge in [0.2, 0.25) is 0 Å². The molecule has 0 saturated carbocycles. The van der Waals surface area contributed by atoms with Gasteiger partial charge in [-0.15, -0.1) is 0 Å². The number of esters is 3. The van der Waals surface area contributed by atoms with Gasteiger partial charge in [-0.3, -0.25) is 14.4 Å². The number of ether oxygens (including phenoxy) is 3. The van der Waals surface area contributed by atoms with E-state index in [1.807, 2.05) is 0 Å². The van der Waals surface area contributed by atoms with Gasteiger partial charge < -0.3 is 18.8 Å². The maximum absolute atomic E-state index is 13.3. The van der Waals surface area contributed by atoms with Crippen molar-refractivity contribution in [3.63, 3.8) is 0 Å². The summed E-state index contributed by atoms with van der Waals surface area (Å²) in [7, 11) is -5.90. The smallest absolute Gasteiger partial charge is 0.747 e. The van der Waals surface area contributed by atoms with E-state index in [1.165, 1.54) is 0 Å². The second kappa shape index (κ2) is 13.7. The third kappa shape index (κ3) is 11.3. The van der Waals surface area contributed by atoms with Crippen molar-refractivity contribution < 1.29 is 124 Å². The van der Waals surface area contributed by atoms with Gasteiger partial charge in [-0.25, -0.2) is 17.2 Å². The molecule has 0 aromatic carbocycles. The molecule has 0 saturated heterocycles. The van der Waals surface area contributed by atoms with Crippen LogP contribution < -0.4 is 29.6 Å². The molecule has 9 nitrogen and oxygen atoms in total. The molecule has 38 heavy (non-hydrogen) atoms. The van der Waals surface area contributed by atoms with Crippen LogP contribution in [0.4, 0.5) is 52.7 Å². The van der Waals surface area contributed by atoms with Crippen molar-refractivity contribution in [3.8, 4) is 0 Å². The maximum atomic E-state index is 13.3. The van der Waals surface area contributed by atoms with Crippen molar-refractivity contribution in [3.05, 3.63) is 0 Å². The Morgan fingerprint density at radius 2 is 1.11 bits per heavy atom. The number of hydrogen-bond acceptors (Lipinski definition) is 9. The zero-order valence-corrected chi connectivity index (χ0v) is 21.4. The zero-order valence-electron chi connectivity index (χ0n) is 18.5. The second-order valence-electron chi connectivity index (χ2n) is 6.85. The topological polar surface area (TPSA) is 136 Å². The second-order valence-corrected chi connectivity index (χ2v) is 8.34. The molecular formula is C15H13F12NaO9S. The van der Waals surface area contributed by atoms with E-state index in [0.717, 1.165) is 0 Å². The molecule has 0 N–H and O–H groups in total. The van der Waals surface area contributed by atoms with Gasteiger partial charge in [0.05, 0.1) is 19.4 Å². The summed E-state index contributed by atoms with van der Waals surface area (Å²) in [6.07, 6.45) is -24.3. The van der Waals surface area contributed by atoms with Crippen LogP contribution in [0.3, 0.4) is 0 Å². The zero-order chi connectivity index (χ0) is 29.8. The van der Waals surface area contributed by atoms with Gasteiger partial charge in [-0.1, -0.05) is 0 Å². The molecule has 0 bridgehead atoms. The van der Waals surface area contributed by atoms with Crippen LogP contribution >= 0.6 is 0 Å². The van der Waals surface area contributed by atoms with Crippen molar-refractivity contribution in [2.45, 2.75) is 48.2 Å². The fourth-order valence-electron chi connectivity index (χ4n) is 2.21. The van der Waals surface area contributed by atoms with Crippen molar-refractivity contribution in [2.75, 3.05) is 20.3 Å². The predicted molar refractivity (Wildman–Crippen MR) is 87.3 cm³/mol. The first-order valence-corrected chi connectivity index (χ1v) is 10.3. The van der Waals surface area contributed by atoms with Gasteiger partial charge in [0, 0.05) is 0 Å². The molecule has 0 amide bonds. The molecule has 0 heterocycles. The summed E-state index contributed by atoms with van der Waals surface area (Å²) in [5, 5.41) is -3.75. The average molecular weight is 620 g/mol. The Balaban J connectivity index is 0. The van der Waals surface area contributed by atoms with E-state index in [-0.39, 0.29) is 29.6 Å². The number of alkyl halides is 12. The Kier molecular flexibility index (Phi) is 13.9. The summed E-state index contributed by atoms with van der Waals surface area (Å²) in [4.78, 5) is 35.3. The quantitative estimate of drug-likeness (QED) is 0.0908. The third-order valence-corrected chi connectivity index (χ3v) is 5.10. The summed E-state index contributed by atoms with van der Waals surface area (Å²) < 4.78 is 197. The predicted octanol–water partition coefficient (Wildman–Crippen LogP) is -0.759. The van der Waals surface area contributed by atoms with Crippen molar-refractivity contribution in [1.29, 1.82) is 0 Å².